The minimum Gasteiger partial charge on any atom is -0.289 e. The highest BCUT2D eigenvalue weighted by Gasteiger charge is 2.15. The van der Waals surface area contributed by atoms with Crippen LogP contribution in [0.15, 0.2) is 34.3 Å². The van der Waals surface area contributed by atoms with Crippen LogP contribution in [0.2, 0.25) is 0 Å². The lowest BCUT2D eigenvalue weighted by Gasteiger charge is -2.11. The van der Waals surface area contributed by atoms with Crippen LogP contribution in [-0.4, -0.2) is 5.78 Å². The summed E-state index contributed by atoms with van der Waals surface area (Å²) in [7, 11) is 0. The van der Waals surface area contributed by atoms with Gasteiger partial charge in [-0.3, -0.25) is 4.79 Å². The van der Waals surface area contributed by atoms with E-state index in [1.165, 1.54) is 24.8 Å². The summed E-state index contributed by atoms with van der Waals surface area (Å²) in [6.07, 6.45) is 9.02. The van der Waals surface area contributed by atoms with Crippen LogP contribution in [0, 0.1) is 6.92 Å². The predicted molar refractivity (Wildman–Crippen MR) is 79.0 cm³/mol. The van der Waals surface area contributed by atoms with Crippen LogP contribution in [0.1, 0.15) is 54.4 Å². The maximum atomic E-state index is 12.5. The van der Waals surface area contributed by atoms with Crippen LogP contribution in [0.25, 0.3) is 0 Å². The zero-order valence-corrected chi connectivity index (χ0v) is 12.4. The molecule has 0 amide bonds. The Bertz CT molecular complexity index is 474. The molecule has 0 aromatic heterocycles. The molecule has 0 heterocycles. The minimum absolute atomic E-state index is 0.198. The van der Waals surface area contributed by atoms with Gasteiger partial charge in [0.25, 0.3) is 0 Å². The van der Waals surface area contributed by atoms with Crippen LogP contribution in [0.3, 0.4) is 0 Å². The summed E-state index contributed by atoms with van der Waals surface area (Å²) in [5.41, 5.74) is 2.97. The van der Waals surface area contributed by atoms with Crippen LogP contribution in [0.5, 0.6) is 0 Å². The molecule has 0 aliphatic heterocycles. The van der Waals surface area contributed by atoms with Crippen molar-refractivity contribution in [3.05, 3.63) is 45.4 Å². The molecule has 0 saturated carbocycles. The molecule has 1 aromatic rings. The summed E-state index contributed by atoms with van der Waals surface area (Å²) in [4.78, 5) is 12.5. The topological polar surface area (TPSA) is 17.1 Å². The quantitative estimate of drug-likeness (QED) is 0.685. The maximum absolute atomic E-state index is 12.5. The second-order valence-electron chi connectivity index (χ2n) is 4.99. The Hall–Kier alpha value is -0.890. The van der Waals surface area contributed by atoms with Crippen molar-refractivity contribution >= 4 is 21.7 Å². The van der Waals surface area contributed by atoms with Crippen molar-refractivity contribution in [2.24, 2.45) is 0 Å². The van der Waals surface area contributed by atoms with E-state index in [4.69, 9.17) is 0 Å². The second kappa shape index (κ2) is 6.33. The first-order valence-electron chi connectivity index (χ1n) is 6.68. The van der Waals surface area contributed by atoms with Gasteiger partial charge in [0.15, 0.2) is 5.78 Å². The van der Waals surface area contributed by atoms with E-state index >= 15 is 0 Å². The normalized spacial score (nSPS) is 19.6. The van der Waals surface area contributed by atoms with E-state index < -0.39 is 0 Å². The maximum Gasteiger partial charge on any atom is 0.189 e. The third-order valence-electron chi connectivity index (χ3n) is 3.45. The lowest BCUT2D eigenvalue weighted by atomic mass is 9.94. The summed E-state index contributed by atoms with van der Waals surface area (Å²) in [6, 6.07) is 5.94. The molecule has 96 valence electrons. The molecule has 2 rings (SSSR count). The molecule has 0 atom stereocenters. The molecule has 0 fully saturated rings. The summed E-state index contributed by atoms with van der Waals surface area (Å²) in [6.45, 7) is 2.04. The number of benzene rings is 1. The number of hydrogen-bond donors (Lipinski definition) is 0. The Morgan fingerprint density at radius 1 is 1.17 bits per heavy atom. The number of carbonyl (C=O) groups is 1. The van der Waals surface area contributed by atoms with E-state index in [9.17, 15) is 4.79 Å². The SMILES string of the molecule is Cc1ccc(C(=O)/C2=C/CCCCCC2)c(Br)c1. The Balaban J connectivity index is 2.23. The minimum atomic E-state index is 0.198. The molecule has 0 N–H and O–H groups in total. The van der Waals surface area contributed by atoms with Gasteiger partial charge in [-0.05, 0) is 55.9 Å². The number of rotatable bonds is 2. The molecule has 1 aliphatic rings. The average molecular weight is 307 g/mol. The molecule has 0 saturated heterocycles. The molecule has 0 spiro atoms. The molecule has 1 nitrogen and oxygen atoms in total. The fourth-order valence-electron chi connectivity index (χ4n) is 2.38. The van der Waals surface area contributed by atoms with Crippen LogP contribution in [0.4, 0.5) is 0 Å². The van der Waals surface area contributed by atoms with Gasteiger partial charge in [-0.2, -0.15) is 0 Å². The smallest absolute Gasteiger partial charge is 0.189 e. The third kappa shape index (κ3) is 3.32. The van der Waals surface area contributed by atoms with Crippen molar-refractivity contribution in [3.8, 4) is 0 Å². The van der Waals surface area contributed by atoms with Crippen molar-refractivity contribution in [2.45, 2.75) is 45.4 Å². The first kappa shape index (κ1) is 13.5. The zero-order valence-electron chi connectivity index (χ0n) is 10.8. The van der Waals surface area contributed by atoms with E-state index in [0.717, 1.165) is 34.9 Å². The first-order chi connectivity index (χ1) is 8.68. The highest BCUT2D eigenvalue weighted by atomic mass is 79.9. The summed E-state index contributed by atoms with van der Waals surface area (Å²) >= 11 is 3.50. The fraction of sp³-hybridized carbons (Fsp3) is 0.438. The lowest BCUT2D eigenvalue weighted by molar-refractivity contribution is 0.102. The van der Waals surface area contributed by atoms with E-state index in [-0.39, 0.29) is 5.78 Å². The molecule has 2 heteroatoms. The molecule has 1 aromatic carbocycles. The molecule has 1 aliphatic carbocycles. The highest BCUT2D eigenvalue weighted by Crippen LogP contribution is 2.25. The van der Waals surface area contributed by atoms with Crippen molar-refractivity contribution in [2.75, 3.05) is 0 Å². The van der Waals surface area contributed by atoms with Crippen molar-refractivity contribution in [1.29, 1.82) is 0 Å². The Morgan fingerprint density at radius 3 is 2.72 bits per heavy atom. The van der Waals surface area contributed by atoms with Gasteiger partial charge in [0.2, 0.25) is 0 Å². The zero-order chi connectivity index (χ0) is 13.0. The first-order valence-corrected chi connectivity index (χ1v) is 7.47. The molecule has 0 radical (unpaired) electrons. The van der Waals surface area contributed by atoms with Gasteiger partial charge in [-0.1, -0.05) is 40.9 Å². The van der Waals surface area contributed by atoms with Gasteiger partial charge in [-0.15, -0.1) is 0 Å². The van der Waals surface area contributed by atoms with Crippen LogP contribution in [-0.2, 0) is 0 Å². The van der Waals surface area contributed by atoms with Gasteiger partial charge in [0.1, 0.15) is 0 Å². The van der Waals surface area contributed by atoms with E-state index in [2.05, 4.69) is 22.0 Å². The second-order valence-corrected chi connectivity index (χ2v) is 5.85. The molecule has 0 unspecified atom stereocenters. The number of Topliss-reactive ketones (excluding diaryl/α,β-unsaturated/α-hetero) is 1. The third-order valence-corrected chi connectivity index (χ3v) is 4.11. The average Bonchev–Trinajstić information content (AvgIpc) is 2.27. The van der Waals surface area contributed by atoms with Gasteiger partial charge in [0, 0.05) is 10.0 Å². The molecular formula is C16H19BrO. The Morgan fingerprint density at radius 2 is 1.94 bits per heavy atom. The fourth-order valence-corrected chi connectivity index (χ4v) is 3.05. The Kier molecular flexibility index (Phi) is 4.76. The highest BCUT2D eigenvalue weighted by molar-refractivity contribution is 9.10. The summed E-state index contributed by atoms with van der Waals surface area (Å²) in [5, 5.41) is 0. The predicted octanol–water partition coefficient (Wildman–Crippen LogP) is 5.22. The van der Waals surface area contributed by atoms with E-state index in [1.54, 1.807) is 0 Å². The van der Waals surface area contributed by atoms with Crippen molar-refractivity contribution in [1.82, 2.24) is 0 Å². The van der Waals surface area contributed by atoms with Crippen molar-refractivity contribution in [3.63, 3.8) is 0 Å². The Labute approximate surface area is 117 Å². The van der Waals surface area contributed by atoms with Gasteiger partial charge in [-0.25, -0.2) is 0 Å². The van der Waals surface area contributed by atoms with Crippen LogP contribution >= 0.6 is 15.9 Å². The van der Waals surface area contributed by atoms with E-state index in [0.29, 0.717) is 0 Å². The van der Waals surface area contributed by atoms with Gasteiger partial charge in [0.05, 0.1) is 0 Å². The van der Waals surface area contributed by atoms with E-state index in [1.807, 2.05) is 25.1 Å². The summed E-state index contributed by atoms with van der Waals surface area (Å²) in [5.74, 6) is 0.198. The number of halogens is 1. The number of carbonyl (C=O) groups excluding carboxylic acids is 1. The summed E-state index contributed by atoms with van der Waals surface area (Å²) < 4.78 is 0.912. The molecule has 18 heavy (non-hydrogen) atoms. The van der Waals surface area contributed by atoms with Gasteiger partial charge >= 0.3 is 0 Å². The number of allylic oxidation sites excluding steroid dienone is 2. The number of aryl methyl sites for hydroxylation is 1. The van der Waals surface area contributed by atoms with Crippen LogP contribution < -0.4 is 0 Å². The molecule has 0 bridgehead atoms. The molecular weight excluding hydrogens is 288 g/mol. The standard InChI is InChI=1S/C16H19BrO/c1-12-9-10-14(15(17)11-12)16(18)13-7-5-3-2-4-6-8-13/h7,9-11H,2-6,8H2,1H3/b13-7+. The van der Waals surface area contributed by atoms with Gasteiger partial charge < -0.3 is 0 Å². The lowest BCUT2D eigenvalue weighted by Crippen LogP contribution is -2.06. The van der Waals surface area contributed by atoms with Crippen molar-refractivity contribution < 1.29 is 4.79 Å². The number of ketones is 1. The monoisotopic (exact) mass is 306 g/mol. The largest absolute Gasteiger partial charge is 0.289 e. The number of hydrogen-bond acceptors (Lipinski definition) is 1.